The molecule has 0 bridgehead atoms. The highest BCUT2D eigenvalue weighted by atomic mass is 16.2. The lowest BCUT2D eigenvalue weighted by Crippen LogP contribution is -2.41. The number of nitrogens with zero attached hydrogens (tertiary/aromatic N) is 6. The second-order valence-electron chi connectivity index (χ2n) is 6.67. The fourth-order valence-corrected chi connectivity index (χ4v) is 2.62. The van der Waals surface area contributed by atoms with Crippen molar-refractivity contribution in [1.29, 1.82) is 0 Å². The maximum absolute atomic E-state index is 12.9. The molecule has 0 saturated heterocycles. The van der Waals surface area contributed by atoms with Crippen molar-refractivity contribution in [2.75, 3.05) is 14.1 Å². The lowest BCUT2D eigenvalue weighted by atomic mass is 10.1. The molecule has 0 spiro atoms. The van der Waals surface area contributed by atoms with Crippen LogP contribution >= 0.6 is 0 Å². The molecule has 2 aromatic rings. The molecule has 2 atom stereocenters. The summed E-state index contributed by atoms with van der Waals surface area (Å²) in [6.07, 6.45) is 1.53. The molecule has 0 saturated carbocycles. The Morgan fingerprint density at radius 2 is 1.79 bits per heavy atom. The van der Waals surface area contributed by atoms with Crippen LogP contribution in [0.1, 0.15) is 46.7 Å². The van der Waals surface area contributed by atoms with Crippen molar-refractivity contribution in [1.82, 2.24) is 29.0 Å². The Morgan fingerprint density at radius 3 is 2.33 bits per heavy atom. The third-order valence-corrected chi connectivity index (χ3v) is 4.58. The lowest BCUT2D eigenvalue weighted by Gasteiger charge is -2.20. The van der Waals surface area contributed by atoms with Crippen LogP contribution in [0.5, 0.6) is 0 Å². The van der Waals surface area contributed by atoms with Gasteiger partial charge in [0.1, 0.15) is 6.17 Å². The van der Waals surface area contributed by atoms with Crippen molar-refractivity contribution in [2.45, 2.75) is 59.8 Å². The van der Waals surface area contributed by atoms with Crippen LogP contribution in [-0.2, 0) is 13.1 Å². The van der Waals surface area contributed by atoms with Crippen LogP contribution in [0.3, 0.4) is 0 Å². The molecule has 2 unspecified atom stereocenters. The number of rotatable bonds is 7. The summed E-state index contributed by atoms with van der Waals surface area (Å²) in [5, 5.41) is 8.33. The van der Waals surface area contributed by atoms with E-state index in [1.807, 2.05) is 32.8 Å². The van der Waals surface area contributed by atoms with Crippen molar-refractivity contribution in [3.63, 3.8) is 0 Å². The zero-order valence-electron chi connectivity index (χ0n) is 15.5. The minimum absolute atomic E-state index is 0.132. The van der Waals surface area contributed by atoms with E-state index in [1.54, 1.807) is 9.25 Å². The Hall–Kier alpha value is -1.96. The SMILES string of the molecule is CCCn1c(=O)c2c(nnn2C(C)N(C)C)n(CC(C)CC)c1=O. The maximum Gasteiger partial charge on any atom is 0.332 e. The monoisotopic (exact) mass is 336 g/mol. The minimum atomic E-state index is -0.309. The van der Waals surface area contributed by atoms with Gasteiger partial charge in [0.25, 0.3) is 5.56 Å². The maximum atomic E-state index is 12.9. The van der Waals surface area contributed by atoms with E-state index in [4.69, 9.17) is 0 Å². The zero-order valence-corrected chi connectivity index (χ0v) is 15.5. The summed E-state index contributed by atoms with van der Waals surface area (Å²) in [7, 11) is 3.83. The molecular formula is C16H28N6O2. The molecular weight excluding hydrogens is 308 g/mol. The molecule has 0 aliphatic carbocycles. The topological polar surface area (TPSA) is 78.0 Å². The number of hydrogen-bond acceptors (Lipinski definition) is 5. The van der Waals surface area contributed by atoms with Gasteiger partial charge in [-0.2, -0.15) is 0 Å². The highest BCUT2D eigenvalue weighted by Gasteiger charge is 2.22. The smallest absolute Gasteiger partial charge is 0.288 e. The highest BCUT2D eigenvalue weighted by Crippen LogP contribution is 2.14. The van der Waals surface area contributed by atoms with Gasteiger partial charge in [0.2, 0.25) is 0 Å². The predicted octanol–water partition coefficient (Wildman–Crippen LogP) is 1.29. The summed E-state index contributed by atoms with van der Waals surface area (Å²) >= 11 is 0. The molecule has 0 amide bonds. The molecule has 0 aromatic carbocycles. The Labute approximate surface area is 141 Å². The molecule has 0 aliphatic heterocycles. The van der Waals surface area contributed by atoms with Crippen molar-refractivity contribution in [3.05, 3.63) is 20.8 Å². The summed E-state index contributed by atoms with van der Waals surface area (Å²) in [5.41, 5.74) is 0.175. The van der Waals surface area contributed by atoms with Crippen LogP contribution in [0.15, 0.2) is 9.59 Å². The van der Waals surface area contributed by atoms with Gasteiger partial charge >= 0.3 is 5.69 Å². The fourth-order valence-electron chi connectivity index (χ4n) is 2.62. The molecule has 0 fully saturated rings. The molecule has 0 aliphatic rings. The van der Waals surface area contributed by atoms with E-state index in [0.717, 1.165) is 12.8 Å². The Morgan fingerprint density at radius 1 is 1.12 bits per heavy atom. The fraction of sp³-hybridized carbons (Fsp3) is 0.750. The van der Waals surface area contributed by atoms with Crippen molar-refractivity contribution in [2.24, 2.45) is 5.92 Å². The molecule has 0 radical (unpaired) electrons. The Kier molecular flexibility index (Phi) is 5.58. The van der Waals surface area contributed by atoms with E-state index >= 15 is 0 Å². The van der Waals surface area contributed by atoms with Gasteiger partial charge in [-0.05, 0) is 33.4 Å². The number of fused-ring (bicyclic) bond motifs is 1. The predicted molar refractivity (Wildman–Crippen MR) is 94.2 cm³/mol. The first-order chi connectivity index (χ1) is 11.3. The van der Waals surface area contributed by atoms with Crippen LogP contribution in [0.4, 0.5) is 0 Å². The third-order valence-electron chi connectivity index (χ3n) is 4.58. The average Bonchev–Trinajstić information content (AvgIpc) is 2.99. The molecule has 24 heavy (non-hydrogen) atoms. The van der Waals surface area contributed by atoms with Gasteiger partial charge < -0.3 is 0 Å². The normalized spacial score (nSPS) is 14.5. The first-order valence-electron chi connectivity index (χ1n) is 8.58. The average molecular weight is 336 g/mol. The quantitative estimate of drug-likeness (QED) is 0.761. The van der Waals surface area contributed by atoms with Gasteiger partial charge in [-0.25, -0.2) is 9.48 Å². The molecule has 0 N–H and O–H groups in total. The van der Waals surface area contributed by atoms with E-state index < -0.39 is 0 Å². The van der Waals surface area contributed by atoms with Gasteiger partial charge in [-0.1, -0.05) is 32.4 Å². The molecule has 8 heteroatoms. The van der Waals surface area contributed by atoms with Crippen molar-refractivity contribution < 1.29 is 0 Å². The summed E-state index contributed by atoms with van der Waals surface area (Å²) in [6, 6.07) is 0. The van der Waals surface area contributed by atoms with E-state index in [9.17, 15) is 9.59 Å². The summed E-state index contributed by atoms with van der Waals surface area (Å²) in [5.74, 6) is 0.315. The zero-order chi connectivity index (χ0) is 18.0. The number of aromatic nitrogens is 5. The van der Waals surface area contributed by atoms with Crippen LogP contribution in [0.25, 0.3) is 11.2 Å². The second-order valence-corrected chi connectivity index (χ2v) is 6.67. The van der Waals surface area contributed by atoms with Gasteiger partial charge in [0.15, 0.2) is 11.2 Å². The van der Waals surface area contributed by atoms with E-state index in [-0.39, 0.29) is 17.4 Å². The van der Waals surface area contributed by atoms with Gasteiger partial charge in [-0.15, -0.1) is 5.10 Å². The van der Waals surface area contributed by atoms with Gasteiger partial charge in [0, 0.05) is 13.1 Å². The third kappa shape index (κ3) is 3.15. The molecule has 2 heterocycles. The standard InChI is InChI=1S/C16H28N6O2/c1-7-9-20-15(23)13-14(17-18-22(13)12(4)19(5)6)21(16(20)24)10-11(3)8-2/h11-12H,7-10H2,1-6H3. The van der Waals surface area contributed by atoms with Gasteiger partial charge in [0.05, 0.1) is 0 Å². The second kappa shape index (κ2) is 7.29. The summed E-state index contributed by atoms with van der Waals surface area (Å²) in [4.78, 5) is 27.6. The minimum Gasteiger partial charge on any atom is -0.288 e. The van der Waals surface area contributed by atoms with Crippen LogP contribution in [0.2, 0.25) is 0 Å². The highest BCUT2D eigenvalue weighted by molar-refractivity contribution is 5.69. The van der Waals surface area contributed by atoms with E-state index in [0.29, 0.717) is 30.2 Å². The van der Waals surface area contributed by atoms with Gasteiger partial charge in [-0.3, -0.25) is 18.8 Å². The Bertz CT molecular complexity index is 816. The number of hydrogen-bond donors (Lipinski definition) is 0. The van der Waals surface area contributed by atoms with Crippen molar-refractivity contribution in [3.8, 4) is 0 Å². The first-order valence-corrected chi connectivity index (χ1v) is 8.58. The molecule has 134 valence electrons. The molecule has 2 aromatic heterocycles. The van der Waals surface area contributed by atoms with Crippen LogP contribution < -0.4 is 11.2 Å². The van der Waals surface area contributed by atoms with E-state index in [2.05, 4.69) is 24.2 Å². The molecule has 8 nitrogen and oxygen atoms in total. The Balaban J connectivity index is 2.81. The molecule has 2 rings (SSSR count). The van der Waals surface area contributed by atoms with Crippen LogP contribution in [0, 0.1) is 5.92 Å². The van der Waals surface area contributed by atoms with E-state index in [1.165, 1.54) is 4.57 Å². The van der Waals surface area contributed by atoms with Crippen molar-refractivity contribution >= 4 is 11.2 Å². The summed E-state index contributed by atoms with van der Waals surface area (Å²) < 4.78 is 4.52. The summed E-state index contributed by atoms with van der Waals surface area (Å²) in [6.45, 7) is 9.00. The lowest BCUT2D eigenvalue weighted by molar-refractivity contribution is 0.222. The first kappa shape index (κ1) is 18.4. The largest absolute Gasteiger partial charge is 0.332 e. The van der Waals surface area contributed by atoms with Crippen LogP contribution in [-0.4, -0.2) is 43.1 Å².